The third-order valence-electron chi connectivity index (χ3n) is 4.95. The van der Waals surface area contributed by atoms with E-state index in [0.717, 1.165) is 32.5 Å². The Kier molecular flexibility index (Phi) is 5.71. The van der Waals surface area contributed by atoms with Gasteiger partial charge in [-0.3, -0.25) is 4.79 Å². The Bertz CT molecular complexity index is 377. The van der Waals surface area contributed by atoms with Crippen molar-refractivity contribution in [2.45, 2.75) is 57.2 Å². The molecule has 2 fully saturated rings. The molecule has 1 aliphatic carbocycles. The van der Waals surface area contributed by atoms with Crippen LogP contribution in [0.5, 0.6) is 0 Å². The van der Waals surface area contributed by atoms with Crippen LogP contribution in [0.3, 0.4) is 0 Å². The lowest BCUT2D eigenvalue weighted by atomic mass is 9.95. The highest BCUT2D eigenvalue weighted by molar-refractivity contribution is 5.73. The number of alkyl halides is 3. The van der Waals surface area contributed by atoms with E-state index in [1.807, 2.05) is 0 Å². The molecule has 1 saturated heterocycles. The summed E-state index contributed by atoms with van der Waals surface area (Å²) < 4.78 is 43.8. The first-order chi connectivity index (χ1) is 10.3. The predicted molar refractivity (Wildman–Crippen MR) is 74.5 cm³/mol. The first-order valence-electron chi connectivity index (χ1n) is 7.95. The van der Waals surface area contributed by atoms with Gasteiger partial charge in [-0.15, -0.1) is 0 Å². The van der Waals surface area contributed by atoms with Crippen molar-refractivity contribution in [3.8, 4) is 0 Å². The van der Waals surface area contributed by atoms with Crippen LogP contribution in [0.1, 0.15) is 44.9 Å². The van der Waals surface area contributed by atoms with E-state index in [1.165, 1.54) is 0 Å². The summed E-state index contributed by atoms with van der Waals surface area (Å²) >= 11 is 0. The van der Waals surface area contributed by atoms with Crippen LogP contribution in [0.15, 0.2) is 0 Å². The molecule has 2 rings (SSSR count). The monoisotopic (exact) mass is 323 g/mol. The minimum Gasteiger partial charge on any atom is -0.480 e. The van der Waals surface area contributed by atoms with Crippen molar-refractivity contribution < 1.29 is 27.8 Å². The van der Waals surface area contributed by atoms with Crippen molar-refractivity contribution in [2.75, 3.05) is 19.8 Å². The van der Waals surface area contributed by atoms with E-state index < -0.39 is 23.6 Å². The zero-order valence-electron chi connectivity index (χ0n) is 12.6. The third kappa shape index (κ3) is 4.59. The number of hydrogen-bond acceptors (Lipinski definition) is 3. The molecule has 0 spiro atoms. The summed E-state index contributed by atoms with van der Waals surface area (Å²) in [6.45, 7) is 2.00. The van der Waals surface area contributed by atoms with E-state index >= 15 is 0 Å². The molecule has 0 aromatic rings. The van der Waals surface area contributed by atoms with E-state index in [2.05, 4.69) is 5.32 Å². The van der Waals surface area contributed by atoms with Crippen LogP contribution in [-0.4, -0.2) is 43.1 Å². The van der Waals surface area contributed by atoms with Gasteiger partial charge < -0.3 is 15.2 Å². The van der Waals surface area contributed by atoms with Crippen LogP contribution >= 0.6 is 0 Å². The largest absolute Gasteiger partial charge is 0.480 e. The topological polar surface area (TPSA) is 58.6 Å². The molecule has 1 unspecified atom stereocenters. The third-order valence-corrected chi connectivity index (χ3v) is 4.95. The number of ether oxygens (including phenoxy) is 1. The smallest absolute Gasteiger partial charge is 0.394 e. The maximum absolute atomic E-state index is 12.9. The van der Waals surface area contributed by atoms with Gasteiger partial charge in [-0.2, -0.15) is 13.2 Å². The Hall–Kier alpha value is -0.820. The van der Waals surface area contributed by atoms with Gasteiger partial charge >= 0.3 is 12.1 Å². The Labute approximate surface area is 128 Å². The molecular weight excluding hydrogens is 299 g/mol. The van der Waals surface area contributed by atoms with Crippen LogP contribution in [0.2, 0.25) is 0 Å². The van der Waals surface area contributed by atoms with E-state index in [0.29, 0.717) is 12.5 Å². The molecule has 22 heavy (non-hydrogen) atoms. The van der Waals surface area contributed by atoms with Gasteiger partial charge in [0.15, 0.2) is 0 Å². The lowest BCUT2D eigenvalue weighted by Crippen LogP contribution is -2.39. The van der Waals surface area contributed by atoms with E-state index in [4.69, 9.17) is 9.84 Å². The SMILES string of the molecule is O=C(O)C(CCC1(C(F)(F)F)CC1)NCCC1CCOCC1. The van der Waals surface area contributed by atoms with Crippen molar-refractivity contribution in [3.05, 3.63) is 0 Å². The molecule has 4 nitrogen and oxygen atoms in total. The molecule has 7 heteroatoms. The number of rotatable bonds is 8. The minimum atomic E-state index is -4.21. The first kappa shape index (κ1) is 17.5. The summed E-state index contributed by atoms with van der Waals surface area (Å²) in [4.78, 5) is 11.2. The Balaban J connectivity index is 1.72. The number of carboxylic acid groups (broad SMARTS) is 1. The summed E-state index contributed by atoms with van der Waals surface area (Å²) in [6, 6.07) is -0.889. The standard InChI is InChI=1S/C15H24F3NO3/c16-15(17,18)14(6-7-14)5-1-12(13(20)21)19-8-2-11-3-9-22-10-4-11/h11-12,19H,1-10H2,(H,20,21). The van der Waals surface area contributed by atoms with Gasteiger partial charge in [0.2, 0.25) is 0 Å². The quantitative estimate of drug-likeness (QED) is 0.721. The first-order valence-corrected chi connectivity index (χ1v) is 7.95. The van der Waals surface area contributed by atoms with Crippen molar-refractivity contribution in [2.24, 2.45) is 11.3 Å². The van der Waals surface area contributed by atoms with Gasteiger partial charge in [0, 0.05) is 13.2 Å². The van der Waals surface area contributed by atoms with Gasteiger partial charge in [0.05, 0.1) is 5.41 Å². The van der Waals surface area contributed by atoms with Gasteiger partial charge in [-0.05, 0) is 57.4 Å². The number of aliphatic carboxylic acids is 1. The molecule has 1 saturated carbocycles. The molecule has 1 aliphatic heterocycles. The van der Waals surface area contributed by atoms with Crippen molar-refractivity contribution in [1.29, 1.82) is 0 Å². The maximum atomic E-state index is 12.9. The fourth-order valence-corrected chi connectivity index (χ4v) is 3.06. The number of carboxylic acids is 1. The van der Waals surface area contributed by atoms with Gasteiger partial charge in [-0.1, -0.05) is 0 Å². The molecule has 2 N–H and O–H groups in total. The second kappa shape index (κ2) is 7.17. The van der Waals surface area contributed by atoms with Crippen LogP contribution in [0.25, 0.3) is 0 Å². The Morgan fingerprint density at radius 3 is 2.45 bits per heavy atom. The van der Waals surface area contributed by atoms with Crippen molar-refractivity contribution in [3.63, 3.8) is 0 Å². The number of nitrogens with one attached hydrogen (secondary N) is 1. The lowest BCUT2D eigenvalue weighted by molar-refractivity contribution is -0.189. The van der Waals surface area contributed by atoms with Crippen LogP contribution in [0, 0.1) is 11.3 Å². The van der Waals surface area contributed by atoms with Crippen LogP contribution in [0.4, 0.5) is 13.2 Å². The molecule has 0 aromatic carbocycles. The number of halogens is 3. The molecule has 0 amide bonds. The molecule has 1 heterocycles. The van der Waals surface area contributed by atoms with Gasteiger partial charge in [0.25, 0.3) is 0 Å². The normalized spacial score (nSPS) is 23.2. The average molecular weight is 323 g/mol. The fraction of sp³-hybridized carbons (Fsp3) is 0.933. The molecule has 0 radical (unpaired) electrons. The summed E-state index contributed by atoms with van der Waals surface area (Å²) in [7, 11) is 0. The number of carbonyl (C=O) groups is 1. The summed E-state index contributed by atoms with van der Waals surface area (Å²) in [5.41, 5.74) is -1.62. The van der Waals surface area contributed by atoms with Crippen LogP contribution in [-0.2, 0) is 9.53 Å². The molecule has 0 aromatic heterocycles. The predicted octanol–water partition coefficient (Wildman–Crippen LogP) is 2.97. The van der Waals surface area contributed by atoms with E-state index in [1.54, 1.807) is 0 Å². The minimum absolute atomic E-state index is 0.0304. The molecule has 128 valence electrons. The highest BCUT2D eigenvalue weighted by Gasteiger charge is 2.62. The van der Waals surface area contributed by atoms with Crippen LogP contribution < -0.4 is 5.32 Å². The summed E-state index contributed by atoms with van der Waals surface area (Å²) in [6.07, 6.45) is -1.24. The molecule has 0 bridgehead atoms. The highest BCUT2D eigenvalue weighted by Crippen LogP contribution is 2.60. The van der Waals surface area contributed by atoms with Crippen molar-refractivity contribution >= 4 is 5.97 Å². The van der Waals surface area contributed by atoms with E-state index in [-0.39, 0.29) is 25.7 Å². The fourth-order valence-electron chi connectivity index (χ4n) is 3.06. The number of hydrogen-bond donors (Lipinski definition) is 2. The zero-order chi connectivity index (χ0) is 16.2. The molecule has 1 atom stereocenters. The lowest BCUT2D eigenvalue weighted by Gasteiger charge is -2.24. The molecule has 2 aliphatic rings. The second-order valence-electron chi connectivity index (χ2n) is 6.51. The summed E-state index contributed by atoms with van der Waals surface area (Å²) in [5.74, 6) is -0.550. The Morgan fingerprint density at radius 2 is 1.95 bits per heavy atom. The van der Waals surface area contributed by atoms with E-state index in [9.17, 15) is 18.0 Å². The van der Waals surface area contributed by atoms with Gasteiger partial charge in [0.1, 0.15) is 6.04 Å². The van der Waals surface area contributed by atoms with Crippen molar-refractivity contribution in [1.82, 2.24) is 5.32 Å². The summed E-state index contributed by atoms with van der Waals surface area (Å²) in [5, 5.41) is 12.1. The molecular formula is C15H24F3NO3. The van der Waals surface area contributed by atoms with Gasteiger partial charge in [-0.25, -0.2) is 0 Å². The maximum Gasteiger partial charge on any atom is 0.394 e. The average Bonchev–Trinajstić information content (AvgIpc) is 3.24. The second-order valence-corrected chi connectivity index (χ2v) is 6.51. The zero-order valence-corrected chi connectivity index (χ0v) is 12.6. The highest BCUT2D eigenvalue weighted by atomic mass is 19.4. The Morgan fingerprint density at radius 1 is 1.32 bits per heavy atom.